The summed E-state index contributed by atoms with van der Waals surface area (Å²) in [4.78, 5) is 22.5. The molecule has 2 aromatic rings. The summed E-state index contributed by atoms with van der Waals surface area (Å²) in [5.41, 5.74) is 1.09. The minimum atomic E-state index is -0.523. The molecule has 0 N–H and O–H groups in total. The van der Waals surface area contributed by atoms with Gasteiger partial charge in [-0.15, -0.1) is 0 Å². The van der Waals surface area contributed by atoms with Crippen LogP contribution in [0.25, 0.3) is 0 Å². The molecule has 21 heavy (non-hydrogen) atoms. The lowest BCUT2D eigenvalue weighted by Crippen LogP contribution is -2.12. The molecule has 0 unspecified atom stereocenters. The fourth-order valence-electron chi connectivity index (χ4n) is 1.80. The number of aryl methyl sites for hydroxylation is 1. The normalized spacial score (nSPS) is 10.2. The van der Waals surface area contributed by atoms with Crippen molar-refractivity contribution in [3.8, 4) is 5.75 Å². The van der Waals surface area contributed by atoms with Gasteiger partial charge >= 0.3 is 5.69 Å². The number of carbonyl (C=O) groups is 1. The van der Waals surface area contributed by atoms with Crippen molar-refractivity contribution >= 4 is 27.4 Å². The Balaban J connectivity index is 2.15. The molecular formula is C15H12BrNO4. The lowest BCUT2D eigenvalue weighted by Gasteiger charge is -2.07. The first-order valence-electron chi connectivity index (χ1n) is 6.14. The molecule has 0 heterocycles. The monoisotopic (exact) mass is 349 g/mol. The summed E-state index contributed by atoms with van der Waals surface area (Å²) >= 11 is 3.29. The summed E-state index contributed by atoms with van der Waals surface area (Å²) in [6, 6.07) is 11.6. The van der Waals surface area contributed by atoms with Crippen LogP contribution in [-0.2, 0) is 0 Å². The number of ether oxygens (including phenoxy) is 1. The third-order valence-electron chi connectivity index (χ3n) is 2.84. The third kappa shape index (κ3) is 3.66. The molecule has 2 rings (SSSR count). The van der Waals surface area contributed by atoms with Crippen LogP contribution in [0.1, 0.15) is 15.9 Å². The Morgan fingerprint density at radius 2 is 2.00 bits per heavy atom. The van der Waals surface area contributed by atoms with Crippen LogP contribution in [-0.4, -0.2) is 17.3 Å². The topological polar surface area (TPSA) is 69.4 Å². The van der Waals surface area contributed by atoms with Crippen molar-refractivity contribution in [1.82, 2.24) is 0 Å². The highest BCUT2D eigenvalue weighted by Crippen LogP contribution is 2.28. The molecule has 2 aromatic carbocycles. The van der Waals surface area contributed by atoms with Crippen LogP contribution >= 0.6 is 15.9 Å². The van der Waals surface area contributed by atoms with Crippen molar-refractivity contribution in [2.24, 2.45) is 0 Å². The maximum Gasteiger partial charge on any atom is 0.311 e. The highest BCUT2D eigenvalue weighted by atomic mass is 79.9. The molecule has 0 aliphatic rings. The predicted molar refractivity (Wildman–Crippen MR) is 81.8 cm³/mol. The summed E-state index contributed by atoms with van der Waals surface area (Å²) in [6.45, 7) is 1.50. The molecule has 0 amide bonds. The largest absolute Gasteiger partial charge is 0.478 e. The first kappa shape index (κ1) is 15.2. The molecule has 0 radical (unpaired) electrons. The second-order valence-electron chi connectivity index (χ2n) is 4.42. The van der Waals surface area contributed by atoms with Gasteiger partial charge in [0.05, 0.1) is 4.92 Å². The number of ketones is 1. The van der Waals surface area contributed by atoms with Crippen molar-refractivity contribution in [2.75, 3.05) is 6.61 Å². The minimum absolute atomic E-state index is 0.0889. The highest BCUT2D eigenvalue weighted by Gasteiger charge is 2.17. The molecular weight excluding hydrogens is 338 g/mol. The summed E-state index contributed by atoms with van der Waals surface area (Å²) in [5.74, 6) is -0.164. The molecule has 0 spiro atoms. The van der Waals surface area contributed by atoms with Gasteiger partial charge in [0.15, 0.2) is 12.4 Å². The molecule has 0 saturated carbocycles. The molecule has 0 bridgehead atoms. The van der Waals surface area contributed by atoms with Crippen molar-refractivity contribution in [2.45, 2.75) is 6.92 Å². The Morgan fingerprint density at radius 1 is 1.29 bits per heavy atom. The van der Waals surface area contributed by atoms with Crippen LogP contribution in [0.5, 0.6) is 5.75 Å². The molecule has 108 valence electrons. The quantitative estimate of drug-likeness (QED) is 0.465. The van der Waals surface area contributed by atoms with Crippen molar-refractivity contribution in [1.29, 1.82) is 0 Å². The van der Waals surface area contributed by atoms with Gasteiger partial charge in [-0.3, -0.25) is 14.9 Å². The zero-order chi connectivity index (χ0) is 15.4. The standard InChI is InChI=1S/C15H12BrNO4/c1-10-6-7-15(13(8-10)17(19)20)21-9-14(18)11-4-2-3-5-12(11)16/h2-8H,9H2,1H3. The van der Waals surface area contributed by atoms with E-state index in [0.717, 1.165) is 5.56 Å². The van der Waals surface area contributed by atoms with Crippen LogP contribution in [0.2, 0.25) is 0 Å². The number of hydrogen-bond acceptors (Lipinski definition) is 4. The molecule has 6 heteroatoms. The molecule has 0 aromatic heterocycles. The van der Waals surface area contributed by atoms with Crippen LogP contribution in [0.4, 0.5) is 5.69 Å². The number of nitrogens with zero attached hydrogens (tertiary/aromatic N) is 1. The van der Waals surface area contributed by atoms with E-state index in [0.29, 0.717) is 10.0 Å². The van der Waals surface area contributed by atoms with Crippen molar-refractivity contribution in [3.63, 3.8) is 0 Å². The van der Waals surface area contributed by atoms with Gasteiger partial charge in [0.1, 0.15) is 0 Å². The highest BCUT2D eigenvalue weighted by molar-refractivity contribution is 9.10. The number of nitro groups is 1. The van der Waals surface area contributed by atoms with E-state index in [1.807, 2.05) is 0 Å². The van der Waals surface area contributed by atoms with E-state index in [2.05, 4.69) is 15.9 Å². The van der Waals surface area contributed by atoms with Crippen molar-refractivity contribution < 1.29 is 14.5 Å². The molecule has 0 atom stereocenters. The zero-order valence-corrected chi connectivity index (χ0v) is 12.8. The van der Waals surface area contributed by atoms with E-state index in [9.17, 15) is 14.9 Å². The van der Waals surface area contributed by atoms with Crippen LogP contribution in [0, 0.1) is 17.0 Å². The average molecular weight is 350 g/mol. The maximum atomic E-state index is 12.1. The fraction of sp³-hybridized carbons (Fsp3) is 0.133. The van der Waals surface area contributed by atoms with E-state index in [-0.39, 0.29) is 23.8 Å². The predicted octanol–water partition coefficient (Wildman–Crippen LogP) is 3.93. The fourth-order valence-corrected chi connectivity index (χ4v) is 2.31. The van der Waals surface area contributed by atoms with Crippen LogP contribution in [0.3, 0.4) is 0 Å². The Hall–Kier alpha value is -2.21. The average Bonchev–Trinajstić information content (AvgIpc) is 2.46. The maximum absolute atomic E-state index is 12.1. The Labute approximate surface area is 129 Å². The number of carbonyl (C=O) groups excluding carboxylic acids is 1. The summed E-state index contributed by atoms with van der Waals surface area (Å²) in [5, 5.41) is 11.0. The lowest BCUT2D eigenvalue weighted by atomic mass is 10.1. The van der Waals surface area contributed by atoms with Gasteiger partial charge in [-0.25, -0.2) is 0 Å². The molecule has 0 saturated heterocycles. The number of hydrogen-bond donors (Lipinski definition) is 0. The first-order chi connectivity index (χ1) is 9.99. The van der Waals surface area contributed by atoms with E-state index in [1.165, 1.54) is 12.1 Å². The Bertz CT molecular complexity index is 700. The summed E-state index contributed by atoms with van der Waals surface area (Å²) < 4.78 is 5.98. The lowest BCUT2D eigenvalue weighted by molar-refractivity contribution is -0.385. The second kappa shape index (κ2) is 6.49. The van der Waals surface area contributed by atoms with Gasteiger partial charge in [-0.05, 0) is 24.6 Å². The van der Waals surface area contributed by atoms with E-state index in [1.54, 1.807) is 37.3 Å². The van der Waals surface area contributed by atoms with E-state index >= 15 is 0 Å². The van der Waals surface area contributed by atoms with Gasteiger partial charge in [0.2, 0.25) is 5.78 Å². The Morgan fingerprint density at radius 3 is 2.67 bits per heavy atom. The van der Waals surface area contributed by atoms with Gasteiger partial charge in [-0.1, -0.05) is 40.2 Å². The van der Waals surface area contributed by atoms with E-state index < -0.39 is 4.92 Å². The molecule has 0 aliphatic carbocycles. The smallest absolute Gasteiger partial charge is 0.311 e. The van der Waals surface area contributed by atoms with E-state index in [4.69, 9.17) is 4.74 Å². The van der Waals surface area contributed by atoms with Crippen LogP contribution < -0.4 is 4.74 Å². The van der Waals surface area contributed by atoms with Gasteiger partial charge in [0, 0.05) is 16.1 Å². The number of rotatable bonds is 5. The first-order valence-corrected chi connectivity index (χ1v) is 6.94. The minimum Gasteiger partial charge on any atom is -0.478 e. The number of nitro benzene ring substituents is 1. The van der Waals surface area contributed by atoms with Gasteiger partial charge in [0.25, 0.3) is 0 Å². The van der Waals surface area contributed by atoms with Gasteiger partial charge < -0.3 is 4.74 Å². The summed E-state index contributed by atoms with van der Waals surface area (Å²) in [7, 11) is 0. The zero-order valence-electron chi connectivity index (χ0n) is 11.2. The number of benzene rings is 2. The third-order valence-corrected chi connectivity index (χ3v) is 3.54. The number of halogens is 1. The molecule has 5 nitrogen and oxygen atoms in total. The van der Waals surface area contributed by atoms with Gasteiger partial charge in [-0.2, -0.15) is 0 Å². The second-order valence-corrected chi connectivity index (χ2v) is 5.27. The van der Waals surface area contributed by atoms with Crippen molar-refractivity contribution in [3.05, 3.63) is 68.2 Å². The molecule has 0 fully saturated rings. The molecule has 0 aliphatic heterocycles. The summed E-state index contributed by atoms with van der Waals surface area (Å²) in [6.07, 6.45) is 0. The van der Waals surface area contributed by atoms with Crippen LogP contribution in [0.15, 0.2) is 46.9 Å². The SMILES string of the molecule is Cc1ccc(OCC(=O)c2ccccc2Br)c([N+](=O)[O-])c1. The number of Topliss-reactive ketones (excluding diaryl/α,β-unsaturated/α-hetero) is 1. The Kier molecular flexibility index (Phi) is 4.70.